The van der Waals surface area contributed by atoms with Crippen molar-refractivity contribution in [2.24, 2.45) is 0 Å². The highest BCUT2D eigenvalue weighted by Gasteiger charge is 2.29. The second-order valence-corrected chi connectivity index (χ2v) is 4.89. The maximum absolute atomic E-state index is 11.5. The molecule has 0 aromatic carbocycles. The number of urea groups is 1. The van der Waals surface area contributed by atoms with Crippen LogP contribution in [0.2, 0.25) is 0 Å². The van der Waals surface area contributed by atoms with E-state index in [0.29, 0.717) is 18.6 Å². The van der Waals surface area contributed by atoms with Gasteiger partial charge in [0.15, 0.2) is 0 Å². The number of hydrogen-bond donors (Lipinski definition) is 3. The molecular formula is C12H25N3O2. The smallest absolute Gasteiger partial charge is 0.315 e. The summed E-state index contributed by atoms with van der Waals surface area (Å²) in [7, 11) is 2.10. The highest BCUT2D eigenvalue weighted by molar-refractivity contribution is 5.74. The summed E-state index contributed by atoms with van der Waals surface area (Å²) in [6, 6.07) is 0.714. The molecule has 17 heavy (non-hydrogen) atoms. The number of amides is 2. The Labute approximate surface area is 104 Å². The molecule has 0 bridgehead atoms. The molecular weight excluding hydrogens is 218 g/mol. The Morgan fingerprint density at radius 3 is 2.65 bits per heavy atom. The molecule has 1 aliphatic carbocycles. The molecule has 1 rings (SSSR count). The Balaban J connectivity index is 2.17. The molecule has 0 aromatic heterocycles. The molecule has 2 atom stereocenters. The largest absolute Gasteiger partial charge is 0.394 e. The maximum atomic E-state index is 11.5. The van der Waals surface area contributed by atoms with Crippen LogP contribution in [0.3, 0.4) is 0 Å². The average molecular weight is 243 g/mol. The maximum Gasteiger partial charge on any atom is 0.315 e. The molecule has 1 saturated carbocycles. The van der Waals surface area contributed by atoms with E-state index in [9.17, 15) is 4.79 Å². The van der Waals surface area contributed by atoms with Crippen LogP contribution in [0.5, 0.6) is 0 Å². The second kappa shape index (κ2) is 6.81. The average Bonchev–Trinajstić information content (AvgIpc) is 3.16. The Kier molecular flexibility index (Phi) is 5.71. The molecule has 5 heteroatoms. The lowest BCUT2D eigenvalue weighted by molar-refractivity contribution is 0.206. The molecule has 0 heterocycles. The van der Waals surface area contributed by atoms with Crippen molar-refractivity contribution in [2.45, 2.75) is 51.2 Å². The van der Waals surface area contributed by atoms with Gasteiger partial charge in [0.25, 0.3) is 0 Å². The number of hydrogen-bond acceptors (Lipinski definition) is 3. The van der Waals surface area contributed by atoms with Crippen molar-refractivity contribution in [3.8, 4) is 0 Å². The van der Waals surface area contributed by atoms with Gasteiger partial charge in [0.2, 0.25) is 0 Å². The molecule has 1 aliphatic rings. The summed E-state index contributed by atoms with van der Waals surface area (Å²) >= 11 is 0. The standard InChI is InChI=1S/C12H25N3O2/c1-4-10(8-16)14-12(17)13-7-9(2)15(3)11-5-6-11/h9-11,16H,4-8H2,1-3H3,(H2,13,14,17). The van der Waals surface area contributed by atoms with Gasteiger partial charge in [-0.25, -0.2) is 4.79 Å². The first-order chi connectivity index (χ1) is 8.08. The second-order valence-electron chi connectivity index (χ2n) is 4.89. The van der Waals surface area contributed by atoms with Gasteiger partial charge in [-0.05, 0) is 33.2 Å². The van der Waals surface area contributed by atoms with Gasteiger partial charge in [-0.15, -0.1) is 0 Å². The fraction of sp³-hybridized carbons (Fsp3) is 0.917. The highest BCUT2D eigenvalue weighted by Crippen LogP contribution is 2.26. The van der Waals surface area contributed by atoms with Gasteiger partial charge in [-0.3, -0.25) is 4.90 Å². The van der Waals surface area contributed by atoms with Gasteiger partial charge in [0, 0.05) is 18.6 Å². The molecule has 2 amide bonds. The molecule has 5 nitrogen and oxygen atoms in total. The predicted octanol–water partition coefficient (Wildman–Crippen LogP) is 0.539. The zero-order chi connectivity index (χ0) is 12.8. The third-order valence-corrected chi connectivity index (χ3v) is 3.42. The van der Waals surface area contributed by atoms with E-state index in [1.54, 1.807) is 0 Å². The fourth-order valence-electron chi connectivity index (χ4n) is 1.74. The SMILES string of the molecule is CCC(CO)NC(=O)NCC(C)N(C)C1CC1. The van der Waals surface area contributed by atoms with E-state index in [-0.39, 0.29) is 18.7 Å². The Hall–Kier alpha value is -0.810. The van der Waals surface area contributed by atoms with Crippen LogP contribution >= 0.6 is 0 Å². The summed E-state index contributed by atoms with van der Waals surface area (Å²) in [6.07, 6.45) is 3.28. The van der Waals surface area contributed by atoms with Gasteiger partial charge in [0.05, 0.1) is 12.6 Å². The zero-order valence-corrected chi connectivity index (χ0v) is 11.1. The lowest BCUT2D eigenvalue weighted by Crippen LogP contribution is -2.48. The van der Waals surface area contributed by atoms with Crippen molar-refractivity contribution < 1.29 is 9.90 Å². The number of aliphatic hydroxyl groups excluding tert-OH is 1. The van der Waals surface area contributed by atoms with Gasteiger partial charge in [-0.1, -0.05) is 6.92 Å². The Bertz CT molecular complexity index is 240. The summed E-state index contributed by atoms with van der Waals surface area (Å²) in [5.74, 6) is 0. The number of likely N-dealkylation sites (N-methyl/N-ethyl adjacent to an activating group) is 1. The van der Waals surface area contributed by atoms with Crippen LogP contribution in [0.1, 0.15) is 33.1 Å². The first kappa shape index (κ1) is 14.3. The van der Waals surface area contributed by atoms with Crippen LogP contribution in [0.15, 0.2) is 0 Å². The van der Waals surface area contributed by atoms with Crippen LogP contribution in [0.4, 0.5) is 4.79 Å². The monoisotopic (exact) mass is 243 g/mol. The summed E-state index contributed by atoms with van der Waals surface area (Å²) in [5.41, 5.74) is 0. The lowest BCUT2D eigenvalue weighted by Gasteiger charge is -2.25. The normalized spacial score (nSPS) is 18.9. The predicted molar refractivity (Wildman–Crippen MR) is 67.9 cm³/mol. The highest BCUT2D eigenvalue weighted by atomic mass is 16.3. The molecule has 0 saturated heterocycles. The summed E-state index contributed by atoms with van der Waals surface area (Å²) in [6.45, 7) is 4.68. The van der Waals surface area contributed by atoms with E-state index >= 15 is 0 Å². The summed E-state index contributed by atoms with van der Waals surface area (Å²) < 4.78 is 0. The van der Waals surface area contributed by atoms with Crippen molar-refractivity contribution in [2.75, 3.05) is 20.2 Å². The van der Waals surface area contributed by atoms with Gasteiger partial charge < -0.3 is 15.7 Å². The first-order valence-electron chi connectivity index (χ1n) is 6.45. The van der Waals surface area contributed by atoms with E-state index in [4.69, 9.17) is 5.11 Å². The van der Waals surface area contributed by atoms with Crippen molar-refractivity contribution in [1.29, 1.82) is 0 Å². The quantitative estimate of drug-likeness (QED) is 0.611. The third-order valence-electron chi connectivity index (χ3n) is 3.42. The van der Waals surface area contributed by atoms with Crippen molar-refractivity contribution in [3.05, 3.63) is 0 Å². The Morgan fingerprint density at radius 2 is 2.18 bits per heavy atom. The topological polar surface area (TPSA) is 64.6 Å². The van der Waals surface area contributed by atoms with Gasteiger partial charge in [0.1, 0.15) is 0 Å². The number of rotatable bonds is 7. The van der Waals surface area contributed by atoms with Crippen LogP contribution < -0.4 is 10.6 Å². The summed E-state index contributed by atoms with van der Waals surface area (Å²) in [5, 5.41) is 14.6. The van der Waals surface area contributed by atoms with Crippen LogP contribution in [-0.4, -0.2) is 54.4 Å². The van der Waals surface area contributed by atoms with Crippen molar-refractivity contribution in [3.63, 3.8) is 0 Å². The van der Waals surface area contributed by atoms with E-state index in [1.807, 2.05) is 6.92 Å². The number of carbonyl (C=O) groups excluding carboxylic acids is 1. The van der Waals surface area contributed by atoms with Crippen LogP contribution in [0.25, 0.3) is 0 Å². The van der Waals surface area contributed by atoms with E-state index in [0.717, 1.165) is 6.42 Å². The molecule has 100 valence electrons. The molecule has 0 spiro atoms. The summed E-state index contributed by atoms with van der Waals surface area (Å²) in [4.78, 5) is 13.8. The minimum absolute atomic E-state index is 0.0124. The fourth-order valence-corrected chi connectivity index (χ4v) is 1.74. The van der Waals surface area contributed by atoms with E-state index in [2.05, 4.69) is 29.5 Å². The first-order valence-corrected chi connectivity index (χ1v) is 6.45. The van der Waals surface area contributed by atoms with Gasteiger partial charge in [-0.2, -0.15) is 0 Å². The number of carbonyl (C=O) groups is 1. The van der Waals surface area contributed by atoms with Crippen molar-refractivity contribution >= 4 is 6.03 Å². The van der Waals surface area contributed by atoms with Crippen LogP contribution in [-0.2, 0) is 0 Å². The number of nitrogens with zero attached hydrogens (tertiary/aromatic N) is 1. The molecule has 2 unspecified atom stereocenters. The van der Waals surface area contributed by atoms with Gasteiger partial charge >= 0.3 is 6.03 Å². The Morgan fingerprint density at radius 1 is 1.53 bits per heavy atom. The molecule has 0 radical (unpaired) electrons. The molecule has 0 aliphatic heterocycles. The third kappa shape index (κ3) is 4.91. The minimum Gasteiger partial charge on any atom is -0.394 e. The molecule has 3 N–H and O–H groups in total. The van der Waals surface area contributed by atoms with E-state index < -0.39 is 0 Å². The van der Waals surface area contributed by atoms with Crippen LogP contribution in [0, 0.1) is 0 Å². The number of nitrogens with one attached hydrogen (secondary N) is 2. The molecule has 0 aromatic rings. The minimum atomic E-state index is -0.193. The van der Waals surface area contributed by atoms with Crippen molar-refractivity contribution in [1.82, 2.24) is 15.5 Å². The molecule has 1 fully saturated rings. The van der Waals surface area contributed by atoms with E-state index in [1.165, 1.54) is 12.8 Å². The lowest BCUT2D eigenvalue weighted by atomic mass is 10.2. The zero-order valence-electron chi connectivity index (χ0n) is 11.1. The number of aliphatic hydroxyl groups is 1.